The molecule has 1 aromatic rings. The second kappa shape index (κ2) is 9.77. The molecule has 0 unspecified atom stereocenters. The van der Waals surface area contributed by atoms with E-state index in [0.717, 1.165) is 0 Å². The van der Waals surface area contributed by atoms with Crippen molar-refractivity contribution in [2.45, 2.75) is 18.9 Å². The van der Waals surface area contributed by atoms with Crippen LogP contribution in [0.4, 0.5) is 0 Å². The van der Waals surface area contributed by atoms with Crippen molar-refractivity contribution in [3.8, 4) is 11.5 Å². The number of carboxylic acids is 1. The zero-order valence-corrected chi connectivity index (χ0v) is 15.3. The minimum Gasteiger partial charge on any atom is -0.493 e. The first kappa shape index (κ1) is 20.5. The number of rotatable bonds is 8. The van der Waals surface area contributed by atoms with E-state index in [1.807, 2.05) is 6.07 Å². The normalized spacial score (nSPS) is 15.2. The van der Waals surface area contributed by atoms with Gasteiger partial charge in [-0.25, -0.2) is 0 Å². The Balaban J connectivity index is 1.75. The van der Waals surface area contributed by atoms with Crippen LogP contribution in [0.15, 0.2) is 24.3 Å². The molecule has 2 amide bonds. The molecule has 1 aliphatic rings. The zero-order valence-electron chi connectivity index (χ0n) is 15.3. The molecule has 0 radical (unpaired) electrons. The molecule has 1 heterocycles. The van der Waals surface area contributed by atoms with Gasteiger partial charge in [-0.1, -0.05) is 12.1 Å². The van der Waals surface area contributed by atoms with Crippen molar-refractivity contribution in [3.05, 3.63) is 24.3 Å². The molecule has 1 fully saturated rings. The number of methoxy groups -OCH3 is 1. The van der Waals surface area contributed by atoms with E-state index < -0.39 is 12.0 Å². The van der Waals surface area contributed by atoms with Gasteiger partial charge in [-0.15, -0.1) is 0 Å². The average molecular weight is 379 g/mol. The fourth-order valence-corrected chi connectivity index (χ4v) is 2.73. The SMILES string of the molecule is COc1ccccc1OCC(=O)N1CCN(C(=O)CC[C@H](N)C(=O)O)CC1. The van der Waals surface area contributed by atoms with E-state index in [2.05, 4.69) is 0 Å². The predicted octanol–water partition coefficient (Wildman–Crippen LogP) is -0.0631. The molecule has 1 atom stereocenters. The van der Waals surface area contributed by atoms with Crippen molar-refractivity contribution in [1.82, 2.24) is 9.80 Å². The number of hydrogen-bond donors (Lipinski definition) is 2. The maximum absolute atomic E-state index is 12.3. The summed E-state index contributed by atoms with van der Waals surface area (Å²) >= 11 is 0. The number of nitrogens with two attached hydrogens (primary N) is 1. The molecule has 0 aliphatic carbocycles. The number of nitrogens with zero attached hydrogens (tertiary/aromatic N) is 2. The lowest BCUT2D eigenvalue weighted by atomic mass is 10.1. The summed E-state index contributed by atoms with van der Waals surface area (Å²) in [5, 5.41) is 8.75. The van der Waals surface area contributed by atoms with Crippen molar-refractivity contribution >= 4 is 17.8 Å². The molecule has 0 bridgehead atoms. The molecule has 1 aromatic carbocycles. The molecule has 1 aliphatic heterocycles. The molecule has 9 heteroatoms. The van der Waals surface area contributed by atoms with Gasteiger partial charge in [-0.3, -0.25) is 14.4 Å². The molecule has 0 aromatic heterocycles. The van der Waals surface area contributed by atoms with Crippen LogP contribution in [-0.4, -0.2) is 78.6 Å². The number of ether oxygens (including phenoxy) is 2. The first-order valence-electron chi connectivity index (χ1n) is 8.72. The summed E-state index contributed by atoms with van der Waals surface area (Å²) in [7, 11) is 1.53. The molecule has 9 nitrogen and oxygen atoms in total. The van der Waals surface area contributed by atoms with Gasteiger partial charge in [0.15, 0.2) is 18.1 Å². The smallest absolute Gasteiger partial charge is 0.320 e. The molecule has 148 valence electrons. The molecule has 27 heavy (non-hydrogen) atoms. The Labute approximate surface area is 157 Å². The highest BCUT2D eigenvalue weighted by atomic mass is 16.5. The predicted molar refractivity (Wildman–Crippen MR) is 96.5 cm³/mol. The second-order valence-corrected chi connectivity index (χ2v) is 6.18. The van der Waals surface area contributed by atoms with E-state index in [4.69, 9.17) is 20.3 Å². The van der Waals surface area contributed by atoms with Crippen molar-refractivity contribution in [1.29, 1.82) is 0 Å². The quantitative estimate of drug-likeness (QED) is 0.648. The lowest BCUT2D eigenvalue weighted by molar-refractivity contribution is -0.141. The van der Waals surface area contributed by atoms with Crippen LogP contribution in [0, 0.1) is 0 Å². The lowest BCUT2D eigenvalue weighted by Gasteiger charge is -2.34. The Morgan fingerprint density at radius 2 is 1.63 bits per heavy atom. The van der Waals surface area contributed by atoms with E-state index >= 15 is 0 Å². The maximum atomic E-state index is 12.3. The highest BCUT2D eigenvalue weighted by Gasteiger charge is 2.25. The first-order chi connectivity index (χ1) is 12.9. The van der Waals surface area contributed by atoms with Crippen LogP contribution in [0.1, 0.15) is 12.8 Å². The van der Waals surface area contributed by atoms with Gasteiger partial charge < -0.3 is 30.1 Å². The van der Waals surface area contributed by atoms with Crippen LogP contribution in [0.25, 0.3) is 0 Å². The largest absolute Gasteiger partial charge is 0.493 e. The van der Waals surface area contributed by atoms with Crippen LogP contribution < -0.4 is 15.2 Å². The van der Waals surface area contributed by atoms with E-state index in [1.54, 1.807) is 28.0 Å². The first-order valence-corrected chi connectivity index (χ1v) is 8.72. The maximum Gasteiger partial charge on any atom is 0.320 e. The molecule has 3 N–H and O–H groups in total. The minimum atomic E-state index is -1.12. The number of para-hydroxylation sites is 2. The van der Waals surface area contributed by atoms with Crippen molar-refractivity contribution in [3.63, 3.8) is 0 Å². The summed E-state index contributed by atoms with van der Waals surface area (Å²) in [6.07, 6.45) is 0.179. The number of carboxylic acid groups (broad SMARTS) is 1. The highest BCUT2D eigenvalue weighted by molar-refractivity contribution is 5.80. The number of amides is 2. The Kier molecular flexibility index (Phi) is 7.42. The third-order valence-corrected chi connectivity index (χ3v) is 4.39. The van der Waals surface area contributed by atoms with E-state index in [1.165, 1.54) is 7.11 Å². The van der Waals surface area contributed by atoms with Gasteiger partial charge in [0.25, 0.3) is 5.91 Å². The van der Waals surface area contributed by atoms with Crippen LogP contribution in [0.3, 0.4) is 0 Å². The fourth-order valence-electron chi connectivity index (χ4n) is 2.73. The molecular weight excluding hydrogens is 354 g/mol. The zero-order chi connectivity index (χ0) is 19.8. The fraction of sp³-hybridized carbons (Fsp3) is 0.500. The van der Waals surface area contributed by atoms with Crippen molar-refractivity contribution in [2.75, 3.05) is 39.9 Å². The van der Waals surface area contributed by atoms with Crippen molar-refractivity contribution in [2.24, 2.45) is 5.73 Å². The van der Waals surface area contributed by atoms with E-state index in [9.17, 15) is 14.4 Å². The highest BCUT2D eigenvalue weighted by Crippen LogP contribution is 2.25. The van der Waals surface area contributed by atoms with Gasteiger partial charge in [0, 0.05) is 32.6 Å². The summed E-state index contributed by atoms with van der Waals surface area (Å²) < 4.78 is 10.7. The van der Waals surface area contributed by atoms with E-state index in [-0.39, 0.29) is 31.3 Å². The molecule has 0 saturated carbocycles. The second-order valence-electron chi connectivity index (χ2n) is 6.18. The van der Waals surface area contributed by atoms with Crippen LogP contribution in [0.2, 0.25) is 0 Å². The number of carbonyl (C=O) groups is 3. The van der Waals surface area contributed by atoms with Crippen molar-refractivity contribution < 1.29 is 29.0 Å². The summed E-state index contributed by atoms with van der Waals surface area (Å²) in [6.45, 7) is 1.51. The van der Waals surface area contributed by atoms with E-state index in [0.29, 0.717) is 37.7 Å². The number of piperazine rings is 1. The number of hydrogen-bond acceptors (Lipinski definition) is 6. The average Bonchev–Trinajstić information content (AvgIpc) is 2.70. The summed E-state index contributed by atoms with van der Waals surface area (Å²) in [6, 6.07) is 6.05. The number of aliphatic carboxylic acids is 1. The van der Waals surface area contributed by atoms with Gasteiger partial charge in [0.2, 0.25) is 5.91 Å². The van der Waals surface area contributed by atoms with Gasteiger partial charge in [0.1, 0.15) is 6.04 Å². The molecule has 0 spiro atoms. The Bertz CT molecular complexity index is 673. The monoisotopic (exact) mass is 379 g/mol. The van der Waals surface area contributed by atoms with Crippen LogP contribution >= 0.6 is 0 Å². The Hall–Kier alpha value is -2.81. The van der Waals surface area contributed by atoms with Gasteiger partial charge >= 0.3 is 5.97 Å². The van der Waals surface area contributed by atoms with Gasteiger partial charge in [-0.05, 0) is 18.6 Å². The number of carbonyl (C=O) groups excluding carboxylic acids is 2. The van der Waals surface area contributed by atoms with Gasteiger partial charge in [0.05, 0.1) is 7.11 Å². The number of benzene rings is 1. The molecule has 2 rings (SSSR count). The minimum absolute atomic E-state index is 0.0817. The summed E-state index contributed by atoms with van der Waals surface area (Å²) in [4.78, 5) is 38.4. The topological polar surface area (TPSA) is 122 Å². The standard InChI is InChI=1S/C18H25N3O6/c1-26-14-4-2-3-5-15(14)27-12-17(23)21-10-8-20(9-11-21)16(22)7-6-13(19)18(24)25/h2-5,13H,6-12,19H2,1H3,(H,24,25)/t13-/m0/s1. The summed E-state index contributed by atoms with van der Waals surface area (Å²) in [5.74, 6) is -0.379. The van der Waals surface area contributed by atoms with Crippen LogP contribution in [-0.2, 0) is 14.4 Å². The molecule has 1 saturated heterocycles. The summed E-state index contributed by atoms with van der Waals surface area (Å²) in [5.41, 5.74) is 5.41. The van der Waals surface area contributed by atoms with Crippen LogP contribution in [0.5, 0.6) is 11.5 Å². The Morgan fingerprint density at radius 3 is 2.19 bits per heavy atom. The third-order valence-electron chi connectivity index (χ3n) is 4.39. The Morgan fingerprint density at radius 1 is 1.07 bits per heavy atom. The third kappa shape index (κ3) is 5.85. The molecular formula is C18H25N3O6. The lowest BCUT2D eigenvalue weighted by Crippen LogP contribution is -2.51. The van der Waals surface area contributed by atoms with Gasteiger partial charge in [-0.2, -0.15) is 0 Å².